The highest BCUT2D eigenvalue weighted by Gasteiger charge is 2.09. The van der Waals surface area contributed by atoms with Gasteiger partial charge < -0.3 is 5.32 Å². The van der Waals surface area contributed by atoms with Crippen molar-refractivity contribution in [2.24, 2.45) is 0 Å². The fourth-order valence-electron chi connectivity index (χ4n) is 2.27. The lowest BCUT2D eigenvalue weighted by atomic mass is 10.1. The van der Waals surface area contributed by atoms with E-state index in [-0.39, 0.29) is 6.04 Å². The Balaban J connectivity index is 1.65. The molecule has 1 aromatic heterocycles. The van der Waals surface area contributed by atoms with Gasteiger partial charge in [0.1, 0.15) is 5.01 Å². The molecule has 1 N–H and O–H groups in total. The molecule has 118 valence electrons. The Morgan fingerprint density at radius 2 is 1.83 bits per heavy atom. The molecule has 0 saturated heterocycles. The molecule has 0 bridgehead atoms. The Morgan fingerprint density at radius 1 is 1.09 bits per heavy atom. The maximum absolute atomic E-state index is 6.23. The molecule has 3 aromatic rings. The minimum Gasteiger partial charge on any atom is -0.305 e. The summed E-state index contributed by atoms with van der Waals surface area (Å²) in [6, 6.07) is 15.9. The minimum absolute atomic E-state index is 0.234. The van der Waals surface area contributed by atoms with Crippen LogP contribution in [-0.2, 0) is 6.54 Å². The van der Waals surface area contributed by atoms with E-state index in [1.165, 1.54) is 5.56 Å². The summed E-state index contributed by atoms with van der Waals surface area (Å²) in [5.41, 5.74) is 3.21. The molecule has 2 aromatic carbocycles. The first-order valence-electron chi connectivity index (χ1n) is 7.31. The SMILES string of the molecule is C[C@H](NCc1csc(-c2ccccc2Cl)n1)c1ccc(Cl)cc1. The molecule has 1 heterocycles. The summed E-state index contributed by atoms with van der Waals surface area (Å²) >= 11 is 13.8. The first kappa shape index (κ1) is 16.5. The fourth-order valence-corrected chi connectivity index (χ4v) is 3.54. The normalized spacial score (nSPS) is 12.3. The highest BCUT2D eigenvalue weighted by Crippen LogP contribution is 2.30. The lowest BCUT2D eigenvalue weighted by Crippen LogP contribution is -2.18. The second-order valence-corrected chi connectivity index (χ2v) is 6.98. The van der Waals surface area contributed by atoms with E-state index < -0.39 is 0 Å². The van der Waals surface area contributed by atoms with Crippen LogP contribution >= 0.6 is 34.5 Å². The van der Waals surface area contributed by atoms with Crippen molar-refractivity contribution in [3.63, 3.8) is 0 Å². The minimum atomic E-state index is 0.234. The van der Waals surface area contributed by atoms with Crippen LogP contribution in [0.4, 0.5) is 0 Å². The van der Waals surface area contributed by atoms with Gasteiger partial charge in [0.15, 0.2) is 0 Å². The third-order valence-corrected chi connectivity index (χ3v) is 5.12. The number of hydrogen-bond donors (Lipinski definition) is 1. The van der Waals surface area contributed by atoms with Crippen molar-refractivity contribution in [2.75, 3.05) is 0 Å². The van der Waals surface area contributed by atoms with Crippen LogP contribution < -0.4 is 5.32 Å². The molecular formula is C18H16Cl2N2S. The quantitative estimate of drug-likeness (QED) is 0.604. The molecular weight excluding hydrogens is 347 g/mol. The van der Waals surface area contributed by atoms with Crippen molar-refractivity contribution in [2.45, 2.75) is 19.5 Å². The molecule has 0 aliphatic rings. The average Bonchev–Trinajstić information content (AvgIpc) is 3.02. The maximum Gasteiger partial charge on any atom is 0.125 e. The van der Waals surface area contributed by atoms with Gasteiger partial charge in [0.05, 0.1) is 10.7 Å². The van der Waals surface area contributed by atoms with Crippen LogP contribution in [0, 0.1) is 0 Å². The van der Waals surface area contributed by atoms with Crippen LogP contribution in [0.15, 0.2) is 53.9 Å². The number of rotatable bonds is 5. The van der Waals surface area contributed by atoms with Crippen molar-refractivity contribution in [1.82, 2.24) is 10.3 Å². The van der Waals surface area contributed by atoms with Gasteiger partial charge in [-0.2, -0.15) is 0 Å². The zero-order valence-corrected chi connectivity index (χ0v) is 14.9. The number of thiazole rings is 1. The Hall–Kier alpha value is -1.39. The molecule has 0 aliphatic carbocycles. The summed E-state index contributed by atoms with van der Waals surface area (Å²) in [7, 11) is 0. The third-order valence-electron chi connectivity index (χ3n) is 3.62. The second kappa shape index (κ2) is 7.45. The number of halogens is 2. The number of nitrogens with zero attached hydrogens (tertiary/aromatic N) is 1. The predicted molar refractivity (Wildman–Crippen MR) is 99.3 cm³/mol. The van der Waals surface area contributed by atoms with Gasteiger partial charge in [-0.3, -0.25) is 0 Å². The summed E-state index contributed by atoms with van der Waals surface area (Å²) in [6.07, 6.45) is 0. The molecule has 0 fully saturated rings. The Kier molecular flexibility index (Phi) is 5.34. The van der Waals surface area contributed by atoms with Crippen molar-refractivity contribution >= 4 is 34.5 Å². The molecule has 0 aliphatic heterocycles. The second-order valence-electron chi connectivity index (χ2n) is 5.28. The Morgan fingerprint density at radius 3 is 2.57 bits per heavy atom. The van der Waals surface area contributed by atoms with Crippen molar-refractivity contribution in [1.29, 1.82) is 0 Å². The number of hydrogen-bond acceptors (Lipinski definition) is 3. The zero-order valence-electron chi connectivity index (χ0n) is 12.6. The monoisotopic (exact) mass is 362 g/mol. The number of nitrogens with one attached hydrogen (secondary N) is 1. The van der Waals surface area contributed by atoms with Crippen LogP contribution in [0.3, 0.4) is 0 Å². The van der Waals surface area contributed by atoms with E-state index in [4.69, 9.17) is 23.2 Å². The molecule has 1 atom stereocenters. The fraction of sp³-hybridized carbons (Fsp3) is 0.167. The number of benzene rings is 2. The lowest BCUT2D eigenvalue weighted by molar-refractivity contribution is 0.569. The summed E-state index contributed by atoms with van der Waals surface area (Å²) in [5, 5.41) is 7.99. The first-order valence-corrected chi connectivity index (χ1v) is 8.95. The average molecular weight is 363 g/mol. The Labute approximate surface area is 150 Å². The van der Waals surface area contributed by atoms with Crippen molar-refractivity contribution in [3.05, 3.63) is 75.2 Å². The molecule has 0 spiro atoms. The summed E-state index contributed by atoms with van der Waals surface area (Å²) in [6.45, 7) is 2.84. The van der Waals surface area contributed by atoms with Gasteiger partial charge in [-0.25, -0.2) is 4.98 Å². The lowest BCUT2D eigenvalue weighted by Gasteiger charge is -2.13. The van der Waals surface area contributed by atoms with Gasteiger partial charge in [0.25, 0.3) is 0 Å². The number of aromatic nitrogens is 1. The van der Waals surface area contributed by atoms with Gasteiger partial charge in [-0.1, -0.05) is 53.5 Å². The maximum atomic E-state index is 6.23. The van der Waals surface area contributed by atoms with Crippen LogP contribution in [0.2, 0.25) is 10.0 Å². The van der Waals surface area contributed by atoms with E-state index in [0.717, 1.165) is 26.3 Å². The molecule has 2 nitrogen and oxygen atoms in total. The van der Waals surface area contributed by atoms with Gasteiger partial charge in [0, 0.05) is 28.6 Å². The molecule has 5 heteroatoms. The summed E-state index contributed by atoms with van der Waals surface area (Å²) in [4.78, 5) is 4.67. The van der Waals surface area contributed by atoms with E-state index in [1.54, 1.807) is 11.3 Å². The summed E-state index contributed by atoms with van der Waals surface area (Å²) < 4.78 is 0. The van der Waals surface area contributed by atoms with Crippen LogP contribution in [0.5, 0.6) is 0 Å². The van der Waals surface area contributed by atoms with E-state index >= 15 is 0 Å². The van der Waals surface area contributed by atoms with Gasteiger partial charge in [-0.15, -0.1) is 11.3 Å². The van der Waals surface area contributed by atoms with E-state index in [0.29, 0.717) is 6.54 Å². The predicted octanol–water partition coefficient (Wildman–Crippen LogP) is 5.97. The highest BCUT2D eigenvalue weighted by atomic mass is 35.5. The molecule has 23 heavy (non-hydrogen) atoms. The molecule has 0 saturated carbocycles. The van der Waals surface area contributed by atoms with Crippen LogP contribution in [-0.4, -0.2) is 4.98 Å². The van der Waals surface area contributed by atoms with Crippen LogP contribution in [0.1, 0.15) is 24.2 Å². The molecule has 0 amide bonds. The summed E-state index contributed by atoms with van der Waals surface area (Å²) in [5.74, 6) is 0. The first-order chi connectivity index (χ1) is 11.1. The largest absolute Gasteiger partial charge is 0.305 e. The third kappa shape index (κ3) is 4.12. The molecule has 0 unspecified atom stereocenters. The standard InChI is InChI=1S/C18H16Cl2N2S/c1-12(13-6-8-14(19)9-7-13)21-10-15-11-23-18(22-15)16-4-2-3-5-17(16)20/h2-9,11-12,21H,10H2,1H3/t12-/m0/s1. The molecule has 0 radical (unpaired) electrons. The van der Waals surface area contributed by atoms with Gasteiger partial charge >= 0.3 is 0 Å². The smallest absolute Gasteiger partial charge is 0.125 e. The van der Waals surface area contributed by atoms with Gasteiger partial charge in [-0.05, 0) is 30.7 Å². The highest BCUT2D eigenvalue weighted by molar-refractivity contribution is 7.13. The van der Waals surface area contributed by atoms with E-state index in [9.17, 15) is 0 Å². The van der Waals surface area contributed by atoms with Crippen molar-refractivity contribution < 1.29 is 0 Å². The van der Waals surface area contributed by atoms with Crippen molar-refractivity contribution in [3.8, 4) is 10.6 Å². The van der Waals surface area contributed by atoms with E-state index in [1.807, 2.05) is 48.5 Å². The topological polar surface area (TPSA) is 24.9 Å². The Bertz CT molecular complexity index is 784. The van der Waals surface area contributed by atoms with Crippen LogP contribution in [0.25, 0.3) is 10.6 Å². The van der Waals surface area contributed by atoms with E-state index in [2.05, 4.69) is 22.6 Å². The molecule has 3 rings (SSSR count). The zero-order chi connectivity index (χ0) is 16.2. The van der Waals surface area contributed by atoms with Gasteiger partial charge in [0.2, 0.25) is 0 Å².